The zero-order valence-electron chi connectivity index (χ0n) is 14.5. The van der Waals surface area contributed by atoms with E-state index in [1.54, 1.807) is 24.3 Å². The van der Waals surface area contributed by atoms with Crippen molar-refractivity contribution in [2.45, 2.75) is 6.54 Å². The largest absolute Gasteiger partial charge is 0.494 e. The van der Waals surface area contributed by atoms with Crippen LogP contribution in [0.1, 0.15) is 10.4 Å². The average molecular weight is 415 g/mol. The number of hydrogen-bond donors (Lipinski definition) is 3. The number of nitrogens with one attached hydrogen (secondary N) is 1. The van der Waals surface area contributed by atoms with Crippen LogP contribution in [0.15, 0.2) is 65.3 Å². The maximum absolute atomic E-state index is 12.3. The lowest BCUT2D eigenvalue weighted by Crippen LogP contribution is -2.06. The molecule has 0 bridgehead atoms. The number of carbonyl (C=O) groups is 1. The van der Waals surface area contributed by atoms with Gasteiger partial charge in [0.2, 0.25) is 16.9 Å². The number of aromatic hydroxyl groups is 2. The second-order valence-corrected chi connectivity index (χ2v) is 6.57. The number of nitrogens with zero attached hydrogens (tertiary/aromatic N) is 3. The summed E-state index contributed by atoms with van der Waals surface area (Å²) >= 11 is 10.9. The first kappa shape index (κ1) is 19.5. The van der Waals surface area contributed by atoms with Gasteiger partial charge >= 0.3 is 0 Å². The fourth-order valence-corrected chi connectivity index (χ4v) is 2.87. The van der Waals surface area contributed by atoms with Crippen LogP contribution in [0.4, 0.5) is 5.69 Å². The molecule has 0 saturated heterocycles. The maximum Gasteiger partial charge on any atom is 0.295 e. The van der Waals surface area contributed by atoms with Gasteiger partial charge in [0.1, 0.15) is 0 Å². The minimum Gasteiger partial charge on any atom is -0.494 e. The van der Waals surface area contributed by atoms with Crippen molar-refractivity contribution in [3.8, 4) is 11.8 Å². The number of aromatic nitrogens is 1. The van der Waals surface area contributed by atoms with E-state index in [4.69, 9.17) is 23.8 Å². The van der Waals surface area contributed by atoms with Crippen LogP contribution in [0.5, 0.6) is 11.8 Å². The number of rotatable bonds is 4. The van der Waals surface area contributed by atoms with Crippen molar-refractivity contribution in [2.75, 3.05) is 5.32 Å². The summed E-state index contributed by atoms with van der Waals surface area (Å²) < 4.78 is 1.28. The second-order valence-electron chi connectivity index (χ2n) is 5.75. The zero-order chi connectivity index (χ0) is 20.3. The van der Waals surface area contributed by atoms with Gasteiger partial charge in [0.25, 0.3) is 5.91 Å². The van der Waals surface area contributed by atoms with Crippen molar-refractivity contribution in [1.82, 2.24) is 4.57 Å². The van der Waals surface area contributed by atoms with E-state index in [1.807, 2.05) is 0 Å². The predicted octanol–water partition coefficient (Wildman–Crippen LogP) is 4.88. The van der Waals surface area contributed by atoms with E-state index in [0.29, 0.717) is 21.5 Å². The maximum atomic E-state index is 12.3. The van der Waals surface area contributed by atoms with Crippen LogP contribution in [0.3, 0.4) is 0 Å². The molecule has 28 heavy (non-hydrogen) atoms. The minimum atomic E-state index is -0.641. The molecule has 0 aliphatic carbocycles. The molecule has 1 amide bonds. The third-order valence-corrected chi connectivity index (χ3v) is 4.33. The highest BCUT2D eigenvalue weighted by atomic mass is 35.5. The number of hydrogen-bond acceptors (Lipinski definition) is 4. The summed E-state index contributed by atoms with van der Waals surface area (Å²) in [6.07, 6.45) is 1.53. The van der Waals surface area contributed by atoms with Gasteiger partial charge < -0.3 is 15.5 Å². The summed E-state index contributed by atoms with van der Waals surface area (Å²) in [7, 11) is 0. The number of thiocarbonyl (C=S) groups is 1. The molecule has 1 heterocycles. The van der Waals surface area contributed by atoms with E-state index in [2.05, 4.69) is 22.1 Å². The van der Waals surface area contributed by atoms with Gasteiger partial charge in [0.05, 0.1) is 0 Å². The molecular weight excluding hydrogens is 400 g/mol. The zero-order valence-corrected chi connectivity index (χ0v) is 16.0. The Morgan fingerprint density at radius 3 is 2.50 bits per heavy atom. The predicted molar refractivity (Wildman–Crippen MR) is 112 cm³/mol. The van der Waals surface area contributed by atoms with Crippen LogP contribution >= 0.6 is 23.8 Å². The first-order valence-electron chi connectivity index (χ1n) is 8.08. The highest BCUT2D eigenvalue weighted by Crippen LogP contribution is 2.36. The summed E-state index contributed by atoms with van der Waals surface area (Å²) in [5.41, 5.74) is 0.850. The van der Waals surface area contributed by atoms with E-state index in [1.165, 1.54) is 28.8 Å². The van der Waals surface area contributed by atoms with E-state index in [9.17, 15) is 15.0 Å². The standard InChI is InChI=1S/C19H15ClN4O3S/c1-2-9-24-17(26)14-8-3-11(10-15(14)18(24)27)16(25)22-23-19(28)21-13-6-4-12(20)5-7-13/h2-8,10,26-27H,1,9H2,(H,21,28). The lowest BCUT2D eigenvalue weighted by atomic mass is 10.1. The SMILES string of the molecule is C=CCn1c(O)c2ccc(C(=O)N=NC(=S)Nc3ccc(Cl)cc3)cc2c1O. The lowest BCUT2D eigenvalue weighted by molar-refractivity contribution is 0.0995. The van der Waals surface area contributed by atoms with E-state index < -0.39 is 5.91 Å². The molecule has 3 aromatic rings. The van der Waals surface area contributed by atoms with Crippen LogP contribution in [-0.2, 0) is 6.54 Å². The molecule has 0 spiro atoms. The Kier molecular flexibility index (Phi) is 5.72. The molecule has 3 rings (SSSR count). The van der Waals surface area contributed by atoms with Crippen molar-refractivity contribution in [2.24, 2.45) is 10.2 Å². The Balaban J connectivity index is 1.78. The molecule has 1 aromatic heterocycles. The number of anilines is 1. The fraction of sp³-hybridized carbons (Fsp3) is 0.0526. The van der Waals surface area contributed by atoms with Crippen LogP contribution in [0, 0.1) is 0 Å². The van der Waals surface area contributed by atoms with Crippen molar-refractivity contribution in [1.29, 1.82) is 0 Å². The van der Waals surface area contributed by atoms with Gasteiger partial charge in [-0.05, 0) is 54.7 Å². The monoisotopic (exact) mass is 414 g/mol. The topological polar surface area (TPSA) is 99.2 Å². The molecule has 0 aliphatic heterocycles. The van der Waals surface area contributed by atoms with Crippen LogP contribution in [0.2, 0.25) is 5.02 Å². The van der Waals surface area contributed by atoms with Crippen molar-refractivity contribution >= 4 is 51.3 Å². The summed E-state index contributed by atoms with van der Waals surface area (Å²) in [6, 6.07) is 11.2. The van der Waals surface area contributed by atoms with E-state index >= 15 is 0 Å². The normalized spacial score (nSPS) is 11.0. The van der Waals surface area contributed by atoms with Crippen LogP contribution in [-0.4, -0.2) is 25.8 Å². The Hall–Kier alpha value is -3.23. The number of benzene rings is 2. The van der Waals surface area contributed by atoms with Gasteiger partial charge in [-0.15, -0.1) is 16.8 Å². The Labute approximate surface area is 170 Å². The first-order chi connectivity index (χ1) is 13.4. The van der Waals surface area contributed by atoms with Gasteiger partial charge in [-0.25, -0.2) is 0 Å². The van der Waals surface area contributed by atoms with Gasteiger partial charge in [-0.2, -0.15) is 0 Å². The van der Waals surface area contributed by atoms with Gasteiger partial charge in [-0.1, -0.05) is 17.7 Å². The lowest BCUT2D eigenvalue weighted by Gasteiger charge is -2.02. The van der Waals surface area contributed by atoms with Gasteiger partial charge in [-0.3, -0.25) is 9.36 Å². The van der Waals surface area contributed by atoms with E-state index in [0.717, 1.165) is 0 Å². The highest BCUT2D eigenvalue weighted by Gasteiger charge is 2.17. The highest BCUT2D eigenvalue weighted by molar-refractivity contribution is 7.80. The van der Waals surface area contributed by atoms with Crippen LogP contribution in [0.25, 0.3) is 10.8 Å². The number of carbonyl (C=O) groups excluding carboxylic acids is 1. The summed E-state index contributed by atoms with van der Waals surface area (Å²) in [4.78, 5) is 12.3. The Bertz CT molecular complexity index is 1110. The number of halogens is 1. The molecule has 3 N–H and O–H groups in total. The third-order valence-electron chi connectivity index (χ3n) is 3.90. The molecule has 0 atom stereocenters. The molecule has 0 saturated carbocycles. The fourth-order valence-electron chi connectivity index (χ4n) is 2.58. The number of fused-ring (bicyclic) bond motifs is 1. The summed E-state index contributed by atoms with van der Waals surface area (Å²) in [5.74, 6) is -0.919. The molecule has 142 valence electrons. The van der Waals surface area contributed by atoms with Crippen molar-refractivity contribution < 1.29 is 15.0 Å². The van der Waals surface area contributed by atoms with Gasteiger partial charge in [0.15, 0.2) is 0 Å². The number of amides is 1. The third kappa shape index (κ3) is 4.03. The van der Waals surface area contributed by atoms with Crippen LogP contribution < -0.4 is 5.32 Å². The van der Waals surface area contributed by atoms with E-state index in [-0.39, 0.29) is 29.0 Å². The number of allylic oxidation sites excluding steroid dienone is 1. The second kappa shape index (κ2) is 8.20. The molecular formula is C19H15ClN4O3S. The molecule has 7 nitrogen and oxygen atoms in total. The van der Waals surface area contributed by atoms with Gasteiger partial charge in [0, 0.05) is 33.6 Å². The summed E-state index contributed by atoms with van der Waals surface area (Å²) in [5, 5.41) is 31.9. The molecule has 0 aliphatic rings. The first-order valence-corrected chi connectivity index (χ1v) is 8.87. The van der Waals surface area contributed by atoms with Crippen molar-refractivity contribution in [3.05, 3.63) is 65.7 Å². The smallest absolute Gasteiger partial charge is 0.295 e. The summed E-state index contributed by atoms with van der Waals surface area (Å²) in [6.45, 7) is 3.80. The minimum absolute atomic E-state index is 0.00868. The molecule has 9 heteroatoms. The Morgan fingerprint density at radius 2 is 1.82 bits per heavy atom. The Morgan fingerprint density at radius 1 is 1.14 bits per heavy atom. The molecule has 2 aromatic carbocycles. The average Bonchev–Trinajstić information content (AvgIpc) is 2.92. The van der Waals surface area contributed by atoms with Crippen molar-refractivity contribution in [3.63, 3.8) is 0 Å². The quantitative estimate of drug-likeness (QED) is 0.321. The molecule has 0 fully saturated rings. The number of azo groups is 1. The molecule has 0 radical (unpaired) electrons. The molecule has 0 unspecified atom stereocenters.